The Morgan fingerprint density at radius 3 is 2.54 bits per heavy atom. The predicted octanol–water partition coefficient (Wildman–Crippen LogP) is 2.62. The Morgan fingerprint density at radius 2 is 1.85 bits per heavy atom. The summed E-state index contributed by atoms with van der Waals surface area (Å²) in [6, 6.07) is 1.25. The van der Waals surface area contributed by atoms with Crippen molar-refractivity contribution in [3.05, 3.63) is 0 Å². The second kappa shape index (κ2) is 8.92. The number of rotatable bonds is 5. The molecule has 4 aliphatic rings. The molecule has 2 heterocycles. The van der Waals surface area contributed by atoms with E-state index in [0.29, 0.717) is 12.1 Å². The molecule has 26 heavy (non-hydrogen) atoms. The summed E-state index contributed by atoms with van der Waals surface area (Å²) in [6.07, 6.45) is 12.3. The Balaban J connectivity index is 1.15. The zero-order valence-corrected chi connectivity index (χ0v) is 16.6. The molecule has 0 amide bonds. The van der Waals surface area contributed by atoms with Crippen molar-refractivity contribution in [2.75, 3.05) is 39.9 Å². The van der Waals surface area contributed by atoms with E-state index in [1.54, 1.807) is 0 Å². The SMILES string of the molecule is CN=C(NC1CCN(CC2CCOC2)CC1)NC1CC1C1CCCCC1. The zero-order valence-electron chi connectivity index (χ0n) is 16.6. The highest BCUT2D eigenvalue weighted by molar-refractivity contribution is 5.80. The minimum absolute atomic E-state index is 0.573. The quantitative estimate of drug-likeness (QED) is 0.583. The average Bonchev–Trinajstić information content (AvgIpc) is 3.26. The van der Waals surface area contributed by atoms with Gasteiger partial charge in [0.15, 0.2) is 5.96 Å². The summed E-state index contributed by atoms with van der Waals surface area (Å²) in [7, 11) is 1.92. The van der Waals surface area contributed by atoms with Gasteiger partial charge in [-0.25, -0.2) is 0 Å². The minimum atomic E-state index is 0.573. The lowest BCUT2D eigenvalue weighted by atomic mass is 9.85. The van der Waals surface area contributed by atoms with Crippen LogP contribution in [0.25, 0.3) is 0 Å². The van der Waals surface area contributed by atoms with Crippen LogP contribution in [0, 0.1) is 17.8 Å². The van der Waals surface area contributed by atoms with E-state index in [1.807, 2.05) is 7.05 Å². The van der Waals surface area contributed by atoms with Gasteiger partial charge in [0, 0.05) is 45.4 Å². The van der Waals surface area contributed by atoms with Crippen molar-refractivity contribution < 1.29 is 4.74 Å². The van der Waals surface area contributed by atoms with Crippen LogP contribution in [0.4, 0.5) is 0 Å². The highest BCUT2D eigenvalue weighted by Crippen LogP contribution is 2.44. The molecular formula is C21H38N4O. The van der Waals surface area contributed by atoms with Crippen LogP contribution in [0.3, 0.4) is 0 Å². The van der Waals surface area contributed by atoms with Crippen LogP contribution in [0.5, 0.6) is 0 Å². The lowest BCUT2D eigenvalue weighted by Crippen LogP contribution is -2.50. The number of ether oxygens (including phenoxy) is 1. The van der Waals surface area contributed by atoms with Crippen molar-refractivity contribution in [1.82, 2.24) is 15.5 Å². The van der Waals surface area contributed by atoms with Crippen molar-refractivity contribution in [3.8, 4) is 0 Å². The molecule has 2 saturated heterocycles. The zero-order chi connectivity index (χ0) is 17.8. The van der Waals surface area contributed by atoms with E-state index in [-0.39, 0.29) is 0 Å². The molecule has 4 fully saturated rings. The van der Waals surface area contributed by atoms with Gasteiger partial charge in [0.2, 0.25) is 0 Å². The Bertz CT molecular complexity index is 463. The molecule has 2 N–H and O–H groups in total. The molecule has 0 spiro atoms. The smallest absolute Gasteiger partial charge is 0.191 e. The molecule has 0 radical (unpaired) electrons. The summed E-state index contributed by atoms with van der Waals surface area (Å²) in [5.74, 6) is 3.68. The summed E-state index contributed by atoms with van der Waals surface area (Å²) < 4.78 is 5.52. The van der Waals surface area contributed by atoms with Crippen LogP contribution in [0.2, 0.25) is 0 Å². The first-order valence-electron chi connectivity index (χ1n) is 11.1. The third kappa shape index (κ3) is 4.92. The van der Waals surface area contributed by atoms with Crippen molar-refractivity contribution >= 4 is 5.96 Å². The third-order valence-electron chi connectivity index (χ3n) is 7.11. The number of nitrogens with zero attached hydrogens (tertiary/aromatic N) is 2. The van der Waals surface area contributed by atoms with E-state index in [0.717, 1.165) is 36.9 Å². The van der Waals surface area contributed by atoms with Gasteiger partial charge in [-0.1, -0.05) is 32.1 Å². The molecule has 5 heteroatoms. The molecule has 0 aromatic carbocycles. The average molecular weight is 363 g/mol. The normalized spacial score (nSPS) is 34.8. The van der Waals surface area contributed by atoms with E-state index in [4.69, 9.17) is 4.74 Å². The van der Waals surface area contributed by atoms with E-state index in [9.17, 15) is 0 Å². The first-order valence-corrected chi connectivity index (χ1v) is 11.1. The summed E-state index contributed by atoms with van der Waals surface area (Å²) in [5, 5.41) is 7.42. The Hall–Kier alpha value is -0.810. The van der Waals surface area contributed by atoms with Crippen molar-refractivity contribution in [1.29, 1.82) is 0 Å². The molecule has 148 valence electrons. The van der Waals surface area contributed by atoms with Crippen LogP contribution < -0.4 is 10.6 Å². The van der Waals surface area contributed by atoms with Crippen molar-refractivity contribution in [2.24, 2.45) is 22.7 Å². The van der Waals surface area contributed by atoms with Crippen molar-refractivity contribution in [2.45, 2.75) is 69.9 Å². The van der Waals surface area contributed by atoms with Gasteiger partial charge >= 0.3 is 0 Å². The minimum Gasteiger partial charge on any atom is -0.381 e. The van der Waals surface area contributed by atoms with Gasteiger partial charge in [0.05, 0.1) is 6.61 Å². The summed E-state index contributed by atoms with van der Waals surface area (Å²) in [4.78, 5) is 7.14. The van der Waals surface area contributed by atoms with Crippen LogP contribution in [0.1, 0.15) is 57.8 Å². The third-order valence-corrected chi connectivity index (χ3v) is 7.11. The number of piperidine rings is 1. The van der Waals surface area contributed by atoms with Gasteiger partial charge in [-0.2, -0.15) is 0 Å². The molecule has 2 saturated carbocycles. The highest BCUT2D eigenvalue weighted by atomic mass is 16.5. The fraction of sp³-hybridized carbons (Fsp3) is 0.952. The number of aliphatic imine (C=N–C) groups is 1. The number of hydrogen-bond acceptors (Lipinski definition) is 3. The molecule has 3 unspecified atom stereocenters. The van der Waals surface area contributed by atoms with Crippen LogP contribution in [-0.2, 0) is 4.74 Å². The predicted molar refractivity (Wildman–Crippen MR) is 106 cm³/mol. The fourth-order valence-corrected chi connectivity index (χ4v) is 5.36. The molecule has 0 aromatic rings. The molecule has 2 aliphatic heterocycles. The fourth-order valence-electron chi connectivity index (χ4n) is 5.36. The molecular weight excluding hydrogens is 324 g/mol. The molecule has 0 bridgehead atoms. The standard InChI is InChI=1S/C21H38N4O/c1-22-21(24-20-13-19(20)17-5-3-2-4-6-17)23-18-7-10-25(11-8-18)14-16-9-12-26-15-16/h16-20H,2-15H2,1H3,(H2,22,23,24). The second-order valence-electron chi connectivity index (χ2n) is 9.07. The monoisotopic (exact) mass is 362 g/mol. The molecule has 5 nitrogen and oxygen atoms in total. The molecule has 4 rings (SSSR count). The second-order valence-corrected chi connectivity index (χ2v) is 9.07. The first-order chi connectivity index (χ1) is 12.8. The van der Waals surface area contributed by atoms with E-state index in [2.05, 4.69) is 20.5 Å². The van der Waals surface area contributed by atoms with Gasteiger partial charge < -0.3 is 20.3 Å². The summed E-state index contributed by atoms with van der Waals surface area (Å²) >= 11 is 0. The van der Waals surface area contributed by atoms with Crippen LogP contribution in [-0.4, -0.2) is 62.8 Å². The molecule has 2 aliphatic carbocycles. The summed E-state index contributed by atoms with van der Waals surface area (Å²) in [6.45, 7) is 5.58. The van der Waals surface area contributed by atoms with Gasteiger partial charge in [-0.3, -0.25) is 4.99 Å². The van der Waals surface area contributed by atoms with Crippen LogP contribution >= 0.6 is 0 Å². The number of likely N-dealkylation sites (tertiary alicyclic amines) is 1. The number of nitrogens with one attached hydrogen (secondary N) is 2. The molecule has 3 atom stereocenters. The van der Waals surface area contributed by atoms with Gasteiger partial charge in [-0.15, -0.1) is 0 Å². The number of hydrogen-bond donors (Lipinski definition) is 2. The lowest BCUT2D eigenvalue weighted by molar-refractivity contribution is 0.150. The maximum atomic E-state index is 5.52. The van der Waals surface area contributed by atoms with Gasteiger partial charge in [0.1, 0.15) is 0 Å². The van der Waals surface area contributed by atoms with Crippen LogP contribution in [0.15, 0.2) is 4.99 Å². The summed E-state index contributed by atoms with van der Waals surface area (Å²) in [5.41, 5.74) is 0. The van der Waals surface area contributed by atoms with Crippen molar-refractivity contribution in [3.63, 3.8) is 0 Å². The Kier molecular flexibility index (Phi) is 6.36. The lowest BCUT2D eigenvalue weighted by Gasteiger charge is -2.34. The van der Waals surface area contributed by atoms with E-state index < -0.39 is 0 Å². The van der Waals surface area contributed by atoms with E-state index in [1.165, 1.54) is 77.4 Å². The maximum Gasteiger partial charge on any atom is 0.191 e. The Labute approximate surface area is 159 Å². The largest absolute Gasteiger partial charge is 0.381 e. The topological polar surface area (TPSA) is 48.9 Å². The van der Waals surface area contributed by atoms with E-state index >= 15 is 0 Å². The maximum absolute atomic E-state index is 5.52. The molecule has 0 aromatic heterocycles. The number of guanidine groups is 1. The van der Waals surface area contributed by atoms with Gasteiger partial charge in [-0.05, 0) is 43.4 Å². The highest BCUT2D eigenvalue weighted by Gasteiger charge is 2.43. The first kappa shape index (κ1) is 18.5. The Morgan fingerprint density at radius 1 is 1.04 bits per heavy atom. The van der Waals surface area contributed by atoms with Gasteiger partial charge in [0.25, 0.3) is 0 Å².